The van der Waals surface area contributed by atoms with Crippen LogP contribution in [-0.2, 0) is 6.54 Å². The maximum Gasteiger partial charge on any atom is 0.216 e. The van der Waals surface area contributed by atoms with Crippen LogP contribution in [0.15, 0.2) is 9.41 Å². The Labute approximate surface area is 114 Å². The van der Waals surface area contributed by atoms with Crippen molar-refractivity contribution in [2.24, 2.45) is 10.7 Å². The van der Waals surface area contributed by atoms with Crippen LogP contribution in [-0.4, -0.2) is 17.0 Å². The summed E-state index contributed by atoms with van der Waals surface area (Å²) in [6.07, 6.45) is 7.61. The third kappa shape index (κ3) is 4.26. The lowest BCUT2D eigenvalue weighted by Gasteiger charge is -2.16. The summed E-state index contributed by atoms with van der Waals surface area (Å²) in [6.45, 7) is 4.24. The standard InChI is InChI=1S/C14H24N4O/c1-10-11(2)19-13(17-10)9-16-14(15)18-12-7-5-3-4-6-8-12/h12H,3-9H2,1-2H3,(H3,15,16,18). The highest BCUT2D eigenvalue weighted by molar-refractivity contribution is 5.78. The second-order valence-electron chi connectivity index (χ2n) is 5.28. The number of nitrogens with one attached hydrogen (secondary N) is 1. The van der Waals surface area contributed by atoms with E-state index in [9.17, 15) is 0 Å². The molecule has 3 N–H and O–H groups in total. The molecule has 1 aliphatic rings. The van der Waals surface area contributed by atoms with Gasteiger partial charge in [0.25, 0.3) is 0 Å². The van der Waals surface area contributed by atoms with Crippen molar-refractivity contribution in [2.75, 3.05) is 0 Å². The first-order valence-corrected chi connectivity index (χ1v) is 7.14. The van der Waals surface area contributed by atoms with Gasteiger partial charge in [-0.3, -0.25) is 0 Å². The first kappa shape index (κ1) is 13.9. The monoisotopic (exact) mass is 264 g/mol. The van der Waals surface area contributed by atoms with E-state index >= 15 is 0 Å². The Bertz CT molecular complexity index is 411. The second kappa shape index (κ2) is 6.59. The van der Waals surface area contributed by atoms with E-state index in [1.54, 1.807) is 0 Å². The van der Waals surface area contributed by atoms with Crippen molar-refractivity contribution in [1.29, 1.82) is 0 Å². The van der Waals surface area contributed by atoms with E-state index in [0.29, 0.717) is 24.4 Å². The number of aromatic nitrogens is 1. The Morgan fingerprint density at radius 2 is 2.00 bits per heavy atom. The number of hydrogen-bond donors (Lipinski definition) is 2. The average molecular weight is 264 g/mol. The molecular formula is C14H24N4O. The Morgan fingerprint density at radius 1 is 1.32 bits per heavy atom. The number of aliphatic imine (C=N–C) groups is 1. The molecule has 0 amide bonds. The molecule has 0 unspecified atom stereocenters. The molecule has 1 saturated carbocycles. The molecule has 0 saturated heterocycles. The Kier molecular flexibility index (Phi) is 4.82. The van der Waals surface area contributed by atoms with Crippen LogP contribution < -0.4 is 11.1 Å². The normalized spacial score (nSPS) is 18.3. The van der Waals surface area contributed by atoms with Gasteiger partial charge in [-0.2, -0.15) is 0 Å². The highest BCUT2D eigenvalue weighted by atomic mass is 16.4. The molecule has 19 heavy (non-hydrogen) atoms. The number of aryl methyl sites for hydroxylation is 2. The van der Waals surface area contributed by atoms with E-state index in [1.165, 1.54) is 38.5 Å². The van der Waals surface area contributed by atoms with E-state index in [0.717, 1.165) is 11.5 Å². The molecule has 1 aliphatic carbocycles. The zero-order valence-corrected chi connectivity index (χ0v) is 11.9. The lowest BCUT2D eigenvalue weighted by Crippen LogP contribution is -2.39. The summed E-state index contributed by atoms with van der Waals surface area (Å²) in [5, 5.41) is 3.31. The van der Waals surface area contributed by atoms with Crippen LogP contribution in [0.5, 0.6) is 0 Å². The SMILES string of the molecule is Cc1nc(CN=C(N)NC2CCCCCC2)oc1C. The van der Waals surface area contributed by atoms with Crippen LogP contribution in [0.3, 0.4) is 0 Å². The van der Waals surface area contributed by atoms with Crippen LogP contribution in [0, 0.1) is 13.8 Å². The van der Waals surface area contributed by atoms with Crippen molar-refractivity contribution >= 4 is 5.96 Å². The number of nitrogens with zero attached hydrogens (tertiary/aromatic N) is 2. The van der Waals surface area contributed by atoms with Crippen LogP contribution in [0.1, 0.15) is 55.9 Å². The Morgan fingerprint density at radius 3 is 2.58 bits per heavy atom. The molecule has 1 heterocycles. The van der Waals surface area contributed by atoms with E-state index in [4.69, 9.17) is 10.2 Å². The van der Waals surface area contributed by atoms with Crippen LogP contribution >= 0.6 is 0 Å². The molecule has 2 rings (SSSR count). The molecule has 0 aliphatic heterocycles. The molecule has 1 aromatic rings. The molecule has 106 valence electrons. The minimum atomic E-state index is 0.403. The number of rotatable bonds is 3. The molecular weight excluding hydrogens is 240 g/mol. The van der Waals surface area contributed by atoms with Gasteiger partial charge in [-0.15, -0.1) is 0 Å². The zero-order valence-electron chi connectivity index (χ0n) is 11.9. The third-order valence-electron chi connectivity index (χ3n) is 3.66. The molecule has 0 atom stereocenters. The fraction of sp³-hybridized carbons (Fsp3) is 0.714. The molecule has 5 nitrogen and oxygen atoms in total. The van der Waals surface area contributed by atoms with Gasteiger partial charge in [0.2, 0.25) is 5.89 Å². The summed E-state index contributed by atoms with van der Waals surface area (Å²) >= 11 is 0. The van der Waals surface area contributed by atoms with Gasteiger partial charge < -0.3 is 15.5 Å². The van der Waals surface area contributed by atoms with E-state index in [2.05, 4.69) is 15.3 Å². The maximum absolute atomic E-state index is 5.92. The summed E-state index contributed by atoms with van der Waals surface area (Å²) in [6, 6.07) is 0.472. The van der Waals surface area contributed by atoms with Gasteiger partial charge in [-0.1, -0.05) is 25.7 Å². The average Bonchev–Trinajstić information content (AvgIpc) is 2.58. The molecule has 5 heteroatoms. The van der Waals surface area contributed by atoms with Gasteiger partial charge in [0, 0.05) is 6.04 Å². The Hall–Kier alpha value is -1.52. The number of oxazole rings is 1. The van der Waals surface area contributed by atoms with Gasteiger partial charge in [-0.05, 0) is 26.7 Å². The van der Waals surface area contributed by atoms with Crippen LogP contribution in [0.25, 0.3) is 0 Å². The fourth-order valence-electron chi connectivity index (χ4n) is 2.44. The summed E-state index contributed by atoms with van der Waals surface area (Å²) in [4.78, 5) is 8.59. The van der Waals surface area contributed by atoms with Crippen LogP contribution in [0.4, 0.5) is 0 Å². The van der Waals surface area contributed by atoms with Crippen molar-refractivity contribution in [1.82, 2.24) is 10.3 Å². The van der Waals surface area contributed by atoms with Crippen LogP contribution in [0.2, 0.25) is 0 Å². The maximum atomic E-state index is 5.92. The molecule has 1 aromatic heterocycles. The summed E-state index contributed by atoms with van der Waals surface area (Å²) in [5.74, 6) is 1.97. The molecule has 0 aromatic carbocycles. The summed E-state index contributed by atoms with van der Waals surface area (Å²) in [5.41, 5.74) is 6.83. The van der Waals surface area contributed by atoms with Gasteiger partial charge in [0.05, 0.1) is 5.69 Å². The summed E-state index contributed by atoms with van der Waals surface area (Å²) < 4.78 is 5.47. The van der Waals surface area contributed by atoms with Gasteiger partial charge >= 0.3 is 0 Å². The van der Waals surface area contributed by atoms with E-state index in [1.807, 2.05) is 13.8 Å². The fourth-order valence-corrected chi connectivity index (χ4v) is 2.44. The molecule has 1 fully saturated rings. The minimum Gasteiger partial charge on any atom is -0.444 e. The lowest BCUT2D eigenvalue weighted by atomic mass is 10.1. The van der Waals surface area contributed by atoms with Crippen molar-refractivity contribution in [3.05, 3.63) is 17.3 Å². The molecule has 0 radical (unpaired) electrons. The largest absolute Gasteiger partial charge is 0.444 e. The number of guanidine groups is 1. The van der Waals surface area contributed by atoms with Crippen molar-refractivity contribution in [3.8, 4) is 0 Å². The highest BCUT2D eigenvalue weighted by Gasteiger charge is 2.12. The van der Waals surface area contributed by atoms with Gasteiger partial charge in [-0.25, -0.2) is 9.98 Å². The van der Waals surface area contributed by atoms with E-state index in [-0.39, 0.29) is 0 Å². The Balaban J connectivity index is 1.84. The predicted octanol–water partition coefficient (Wildman–Crippen LogP) is 2.42. The van der Waals surface area contributed by atoms with Crippen molar-refractivity contribution in [2.45, 2.75) is 65.0 Å². The van der Waals surface area contributed by atoms with E-state index < -0.39 is 0 Å². The first-order valence-electron chi connectivity index (χ1n) is 7.14. The second-order valence-corrected chi connectivity index (χ2v) is 5.28. The lowest BCUT2D eigenvalue weighted by molar-refractivity contribution is 0.472. The topological polar surface area (TPSA) is 76.4 Å². The number of hydrogen-bond acceptors (Lipinski definition) is 3. The smallest absolute Gasteiger partial charge is 0.216 e. The zero-order chi connectivity index (χ0) is 13.7. The van der Waals surface area contributed by atoms with Crippen molar-refractivity contribution in [3.63, 3.8) is 0 Å². The quantitative estimate of drug-likeness (QED) is 0.499. The summed E-state index contributed by atoms with van der Waals surface area (Å²) in [7, 11) is 0. The number of nitrogens with two attached hydrogens (primary N) is 1. The van der Waals surface area contributed by atoms with Gasteiger partial charge in [0.1, 0.15) is 12.3 Å². The first-order chi connectivity index (χ1) is 9.15. The highest BCUT2D eigenvalue weighted by Crippen LogP contribution is 2.17. The van der Waals surface area contributed by atoms with Gasteiger partial charge in [0.15, 0.2) is 5.96 Å². The third-order valence-corrected chi connectivity index (χ3v) is 3.66. The van der Waals surface area contributed by atoms with Crippen molar-refractivity contribution < 1.29 is 4.42 Å². The molecule has 0 spiro atoms. The minimum absolute atomic E-state index is 0.403. The molecule has 0 bridgehead atoms. The predicted molar refractivity (Wildman–Crippen MR) is 75.9 cm³/mol.